The molecule has 0 aliphatic carbocycles. The lowest BCUT2D eigenvalue weighted by Gasteiger charge is -2.19. The lowest BCUT2D eigenvalue weighted by atomic mass is 9.88. The van der Waals surface area contributed by atoms with Gasteiger partial charge >= 0.3 is 19.9 Å². The molecule has 0 spiro atoms. The van der Waals surface area contributed by atoms with E-state index in [0.29, 0.717) is 25.3 Å². The van der Waals surface area contributed by atoms with Crippen LogP contribution in [-0.2, 0) is 15.4 Å². The summed E-state index contributed by atoms with van der Waals surface area (Å²) in [5.41, 5.74) is 5.04. The van der Waals surface area contributed by atoms with Crippen LogP contribution in [0.5, 0.6) is 11.5 Å². The Morgan fingerprint density at radius 1 is 0.712 bits per heavy atom. The molecule has 0 aliphatic heterocycles. The molecule has 0 saturated carbocycles. The standard InChI is InChI=1S/C38H49F5NO6PS/c1-2-35(30-14-9-8-10-15-30)36(32-18-22-34(23-19-32)50-51(45,46)47)31-16-20-33(21-17-31)49-27-26-44-25-11-6-4-3-5-7-12-28-52(48)29-13-24-37(39,40)38(41,42)43/h8-10,14-23,44H,2-7,11-13,24-29H2,1H3,(H2,45,46,47)/b36-35-. The number of hydrogen-bond donors (Lipinski definition) is 3. The first-order valence-corrected chi connectivity index (χ1v) is 20.6. The minimum absolute atomic E-state index is 0.0794. The van der Waals surface area contributed by atoms with Crippen LogP contribution in [0.4, 0.5) is 22.0 Å². The Hall–Kier alpha value is -3.09. The number of halogens is 5. The van der Waals surface area contributed by atoms with Crippen LogP contribution in [0, 0.1) is 0 Å². The minimum Gasteiger partial charge on any atom is -0.492 e. The summed E-state index contributed by atoms with van der Waals surface area (Å²) < 4.78 is 96.3. The molecular weight excluding hydrogens is 724 g/mol. The van der Waals surface area contributed by atoms with Crippen LogP contribution in [0.1, 0.15) is 87.8 Å². The molecular formula is C38H49F5NO6PS. The third-order valence-electron chi connectivity index (χ3n) is 8.34. The van der Waals surface area contributed by atoms with Crippen molar-refractivity contribution in [3.63, 3.8) is 0 Å². The number of allylic oxidation sites excluding steroid dienone is 1. The monoisotopic (exact) mass is 773 g/mol. The molecule has 0 fully saturated rings. The third-order valence-corrected chi connectivity index (χ3v) is 10.3. The van der Waals surface area contributed by atoms with Crippen LogP contribution in [0.2, 0.25) is 0 Å². The number of rotatable bonds is 24. The highest BCUT2D eigenvalue weighted by atomic mass is 32.2. The summed E-state index contributed by atoms with van der Waals surface area (Å²) in [6, 6.07) is 24.6. The number of nitrogens with one attached hydrogen (secondary N) is 1. The van der Waals surface area contributed by atoms with Crippen LogP contribution >= 0.6 is 7.82 Å². The van der Waals surface area contributed by atoms with Crippen molar-refractivity contribution in [2.75, 3.05) is 31.2 Å². The van der Waals surface area contributed by atoms with Crippen molar-refractivity contribution in [1.29, 1.82) is 0 Å². The van der Waals surface area contributed by atoms with Crippen LogP contribution in [0.3, 0.4) is 0 Å². The molecule has 1 atom stereocenters. The summed E-state index contributed by atoms with van der Waals surface area (Å²) in [5.74, 6) is -3.71. The van der Waals surface area contributed by atoms with Crippen LogP contribution in [0.25, 0.3) is 11.1 Å². The van der Waals surface area contributed by atoms with E-state index in [2.05, 4.69) is 24.4 Å². The molecule has 3 aromatic rings. The number of alkyl halides is 5. The van der Waals surface area contributed by atoms with Crippen LogP contribution < -0.4 is 14.6 Å². The maximum atomic E-state index is 12.9. The van der Waals surface area contributed by atoms with Gasteiger partial charge in [0.25, 0.3) is 0 Å². The fraction of sp³-hybridized carbons (Fsp3) is 0.474. The Labute approximate surface area is 305 Å². The van der Waals surface area contributed by atoms with Gasteiger partial charge in [-0.15, -0.1) is 0 Å². The molecule has 0 amide bonds. The molecule has 3 N–H and O–H groups in total. The fourth-order valence-electron chi connectivity index (χ4n) is 5.68. The van der Waals surface area contributed by atoms with Crippen molar-refractivity contribution < 1.29 is 49.8 Å². The van der Waals surface area contributed by atoms with Gasteiger partial charge in [-0.1, -0.05) is 93.6 Å². The highest BCUT2D eigenvalue weighted by molar-refractivity contribution is 7.84. The van der Waals surface area contributed by atoms with Crippen molar-refractivity contribution in [2.45, 2.75) is 83.2 Å². The van der Waals surface area contributed by atoms with E-state index in [1.54, 1.807) is 24.3 Å². The first-order chi connectivity index (χ1) is 24.7. The summed E-state index contributed by atoms with van der Waals surface area (Å²) >= 11 is 0. The van der Waals surface area contributed by atoms with Crippen molar-refractivity contribution >= 4 is 29.8 Å². The van der Waals surface area contributed by atoms with E-state index in [4.69, 9.17) is 9.26 Å². The molecule has 288 valence electrons. The predicted octanol–water partition coefficient (Wildman–Crippen LogP) is 9.95. The quantitative estimate of drug-likeness (QED) is 0.0360. The summed E-state index contributed by atoms with van der Waals surface area (Å²) in [7, 11) is -6.04. The van der Waals surface area contributed by atoms with E-state index in [1.807, 2.05) is 42.5 Å². The van der Waals surface area contributed by atoms with Crippen LogP contribution in [-0.4, -0.2) is 57.3 Å². The Kier molecular flexibility index (Phi) is 18.0. The van der Waals surface area contributed by atoms with E-state index < -0.39 is 43.6 Å². The van der Waals surface area contributed by atoms with Crippen molar-refractivity contribution in [3.8, 4) is 11.5 Å². The normalized spacial score (nSPS) is 13.5. The molecule has 0 aliphatic rings. The van der Waals surface area contributed by atoms with E-state index in [9.17, 15) is 40.5 Å². The van der Waals surface area contributed by atoms with Gasteiger partial charge in [0.05, 0.1) is 0 Å². The highest BCUT2D eigenvalue weighted by Crippen LogP contribution is 2.40. The van der Waals surface area contributed by atoms with Crippen LogP contribution in [0.15, 0.2) is 78.9 Å². The van der Waals surface area contributed by atoms with E-state index in [-0.39, 0.29) is 11.5 Å². The maximum absolute atomic E-state index is 12.9. The average Bonchev–Trinajstić information content (AvgIpc) is 3.09. The van der Waals surface area contributed by atoms with Gasteiger partial charge in [0, 0.05) is 35.3 Å². The summed E-state index contributed by atoms with van der Waals surface area (Å²) in [6.07, 6.45) is 0.126. The molecule has 0 radical (unpaired) electrons. The SMILES string of the molecule is CC/C(=C(\c1ccc(OCCNCCCCCCCCCS(=O)CCCC(F)(F)C(F)(F)F)cc1)c1ccc(OP(=O)(O)O)cc1)c1ccccc1. The first kappa shape index (κ1) is 43.3. The molecule has 1 unspecified atom stereocenters. The van der Waals surface area contributed by atoms with Gasteiger partial charge in [-0.05, 0) is 84.3 Å². The molecule has 0 aromatic heterocycles. The molecule has 52 heavy (non-hydrogen) atoms. The molecule has 0 saturated heterocycles. The van der Waals surface area contributed by atoms with E-state index in [0.717, 1.165) is 85.1 Å². The molecule has 7 nitrogen and oxygen atoms in total. The van der Waals surface area contributed by atoms with Gasteiger partial charge in [-0.2, -0.15) is 22.0 Å². The second kappa shape index (κ2) is 21.6. The third kappa shape index (κ3) is 15.5. The minimum atomic E-state index is -5.56. The van der Waals surface area contributed by atoms with Crippen molar-refractivity contribution in [3.05, 3.63) is 95.6 Å². The van der Waals surface area contributed by atoms with Gasteiger partial charge in [-0.3, -0.25) is 14.0 Å². The highest BCUT2D eigenvalue weighted by Gasteiger charge is 2.56. The largest absolute Gasteiger partial charge is 0.524 e. The van der Waals surface area contributed by atoms with Gasteiger partial charge in [-0.25, -0.2) is 4.57 Å². The maximum Gasteiger partial charge on any atom is 0.524 e. The summed E-state index contributed by atoms with van der Waals surface area (Å²) in [6.45, 7) is 4.14. The number of ether oxygens (including phenoxy) is 1. The summed E-state index contributed by atoms with van der Waals surface area (Å²) in [5, 5.41) is 3.39. The van der Waals surface area contributed by atoms with E-state index in [1.165, 1.54) is 0 Å². The number of phosphoric ester groups is 1. The summed E-state index contributed by atoms with van der Waals surface area (Å²) in [4.78, 5) is 18.4. The van der Waals surface area contributed by atoms with E-state index >= 15 is 0 Å². The molecule has 3 aromatic carbocycles. The topological polar surface area (TPSA) is 105 Å². The zero-order valence-electron chi connectivity index (χ0n) is 29.4. The average molecular weight is 774 g/mol. The van der Waals surface area contributed by atoms with Crippen molar-refractivity contribution in [2.24, 2.45) is 0 Å². The van der Waals surface area contributed by atoms with Gasteiger partial charge in [0.2, 0.25) is 0 Å². The molecule has 14 heteroatoms. The first-order valence-electron chi connectivity index (χ1n) is 17.6. The van der Waals surface area contributed by atoms with Gasteiger partial charge in [0.15, 0.2) is 0 Å². The molecule has 0 bridgehead atoms. The number of hydrogen-bond acceptors (Lipinski definition) is 5. The predicted molar refractivity (Wildman–Crippen MR) is 197 cm³/mol. The number of unbranched alkanes of at least 4 members (excludes halogenated alkanes) is 6. The fourth-order valence-corrected chi connectivity index (χ4v) is 7.27. The zero-order valence-corrected chi connectivity index (χ0v) is 31.1. The second-order valence-electron chi connectivity index (χ2n) is 12.4. The zero-order chi connectivity index (χ0) is 38.0. The Balaban J connectivity index is 1.35. The Bertz CT molecular complexity index is 1580. The lowest BCUT2D eigenvalue weighted by molar-refractivity contribution is -0.284. The lowest BCUT2D eigenvalue weighted by Crippen LogP contribution is -2.36. The van der Waals surface area contributed by atoms with Gasteiger partial charge in [0.1, 0.15) is 18.1 Å². The Morgan fingerprint density at radius 3 is 1.81 bits per heavy atom. The Morgan fingerprint density at radius 2 is 1.25 bits per heavy atom. The van der Waals surface area contributed by atoms with Gasteiger partial charge < -0.3 is 14.6 Å². The second-order valence-corrected chi connectivity index (χ2v) is 15.3. The van der Waals surface area contributed by atoms with Crippen molar-refractivity contribution in [1.82, 2.24) is 5.32 Å². The number of phosphoric acid groups is 1. The molecule has 0 heterocycles. The smallest absolute Gasteiger partial charge is 0.492 e. The molecule has 3 rings (SSSR count). The number of benzene rings is 3.